The molecule has 0 bridgehead atoms. The molecule has 7 nitrogen and oxygen atoms in total. The molecule has 36 heavy (non-hydrogen) atoms. The Kier molecular flexibility index (Phi) is 5.60. The number of benzene rings is 2. The number of fused-ring (bicyclic) bond motifs is 2. The van der Waals surface area contributed by atoms with Crippen LogP contribution in [0.2, 0.25) is 0 Å². The zero-order valence-corrected chi connectivity index (χ0v) is 20.1. The summed E-state index contributed by atoms with van der Waals surface area (Å²) in [5.74, 6) is 1.53. The Hall–Kier alpha value is -4.26. The van der Waals surface area contributed by atoms with Gasteiger partial charge in [0.1, 0.15) is 11.6 Å². The van der Waals surface area contributed by atoms with Crippen LogP contribution in [-0.4, -0.2) is 32.4 Å². The van der Waals surface area contributed by atoms with Crippen molar-refractivity contribution in [1.82, 2.24) is 19.4 Å². The average Bonchev–Trinajstić information content (AvgIpc) is 3.33. The van der Waals surface area contributed by atoms with Crippen LogP contribution < -0.4 is 5.73 Å². The van der Waals surface area contributed by atoms with Crippen molar-refractivity contribution in [2.24, 2.45) is 5.92 Å². The first-order chi connectivity index (χ1) is 17.6. The van der Waals surface area contributed by atoms with Crippen LogP contribution in [0.4, 0.5) is 5.82 Å². The molecule has 180 valence electrons. The van der Waals surface area contributed by atoms with E-state index >= 15 is 0 Å². The molecular formula is C29H27N5O2. The lowest BCUT2D eigenvalue weighted by Gasteiger charge is -2.26. The number of methoxy groups -OCH3 is 1. The molecular weight excluding hydrogens is 450 g/mol. The molecule has 1 fully saturated rings. The van der Waals surface area contributed by atoms with Crippen LogP contribution in [0.1, 0.15) is 37.4 Å². The molecule has 1 aliphatic carbocycles. The molecule has 0 saturated heterocycles. The molecule has 2 N–H and O–H groups in total. The number of hydrogen-bond acceptors (Lipinski definition) is 6. The standard InChI is InChI=1S/C29H27N5O2/c1-36-29(35)21-10-8-20(9-11-21)28-33-27(25-16-31-17-26(30)34(25)28)22-12-7-19-13-14-23(32-24(19)15-22)18-5-3-2-4-6-18/h2-7,12-17,20-21H,8-11,30H2,1H3. The van der Waals surface area contributed by atoms with Gasteiger partial charge < -0.3 is 10.5 Å². The fourth-order valence-electron chi connectivity index (χ4n) is 5.36. The quantitative estimate of drug-likeness (QED) is 0.337. The number of anilines is 1. The predicted molar refractivity (Wildman–Crippen MR) is 140 cm³/mol. The van der Waals surface area contributed by atoms with Gasteiger partial charge in [-0.25, -0.2) is 9.97 Å². The highest BCUT2D eigenvalue weighted by atomic mass is 16.5. The number of pyridine rings is 1. The SMILES string of the molecule is COC(=O)C1CCC(c2nc(-c3ccc4ccc(-c5ccccc5)nc4c3)c3cncc(N)n23)CC1. The number of nitrogens with zero attached hydrogens (tertiary/aromatic N) is 4. The summed E-state index contributed by atoms with van der Waals surface area (Å²) in [4.78, 5) is 26.4. The summed E-state index contributed by atoms with van der Waals surface area (Å²) < 4.78 is 6.98. The third kappa shape index (κ3) is 3.86. The second-order valence-electron chi connectivity index (χ2n) is 9.41. The monoisotopic (exact) mass is 477 g/mol. The molecule has 0 radical (unpaired) electrons. The van der Waals surface area contributed by atoms with E-state index in [-0.39, 0.29) is 17.8 Å². The van der Waals surface area contributed by atoms with Crippen LogP contribution in [-0.2, 0) is 9.53 Å². The summed E-state index contributed by atoms with van der Waals surface area (Å²) in [5, 5.41) is 1.07. The van der Waals surface area contributed by atoms with Gasteiger partial charge in [-0.05, 0) is 37.8 Å². The molecule has 3 aromatic heterocycles. The first-order valence-corrected chi connectivity index (χ1v) is 12.3. The minimum atomic E-state index is -0.121. The van der Waals surface area contributed by atoms with Crippen molar-refractivity contribution in [3.8, 4) is 22.5 Å². The Balaban J connectivity index is 1.42. The maximum Gasteiger partial charge on any atom is 0.308 e. The van der Waals surface area contributed by atoms with Crippen molar-refractivity contribution in [3.63, 3.8) is 0 Å². The number of nitrogens with two attached hydrogens (primary N) is 1. The molecule has 0 atom stereocenters. The Bertz CT molecular complexity index is 1570. The number of carbonyl (C=O) groups is 1. The van der Waals surface area contributed by atoms with Crippen molar-refractivity contribution < 1.29 is 9.53 Å². The summed E-state index contributed by atoms with van der Waals surface area (Å²) in [5.41, 5.74) is 12.0. The summed E-state index contributed by atoms with van der Waals surface area (Å²) in [7, 11) is 1.46. The van der Waals surface area contributed by atoms with Gasteiger partial charge >= 0.3 is 5.97 Å². The zero-order valence-electron chi connectivity index (χ0n) is 20.1. The highest BCUT2D eigenvalue weighted by Crippen LogP contribution is 2.39. The molecule has 2 aromatic carbocycles. The normalized spacial score (nSPS) is 17.9. The second-order valence-corrected chi connectivity index (χ2v) is 9.41. The van der Waals surface area contributed by atoms with Gasteiger partial charge in [0.05, 0.1) is 47.8 Å². The van der Waals surface area contributed by atoms with Crippen LogP contribution in [0.15, 0.2) is 73.1 Å². The number of nitrogen functional groups attached to an aromatic ring is 1. The summed E-state index contributed by atoms with van der Waals surface area (Å²) in [6.07, 6.45) is 6.78. The van der Waals surface area contributed by atoms with Gasteiger partial charge in [-0.1, -0.05) is 48.5 Å². The van der Waals surface area contributed by atoms with Gasteiger partial charge in [-0.15, -0.1) is 0 Å². The van der Waals surface area contributed by atoms with Crippen LogP contribution in [0.25, 0.3) is 38.9 Å². The molecule has 0 spiro atoms. The third-order valence-corrected chi connectivity index (χ3v) is 7.26. The van der Waals surface area contributed by atoms with Gasteiger partial charge in [0, 0.05) is 22.4 Å². The highest BCUT2D eigenvalue weighted by Gasteiger charge is 2.31. The number of rotatable bonds is 4. The maximum atomic E-state index is 12.0. The topological polar surface area (TPSA) is 95.4 Å². The highest BCUT2D eigenvalue weighted by molar-refractivity contribution is 5.89. The molecule has 7 heteroatoms. The number of imidazole rings is 1. The Labute approximate surface area is 209 Å². The first-order valence-electron chi connectivity index (χ1n) is 12.3. The van der Waals surface area contributed by atoms with Crippen molar-refractivity contribution in [2.75, 3.05) is 12.8 Å². The van der Waals surface area contributed by atoms with E-state index in [1.54, 1.807) is 6.20 Å². The lowest BCUT2D eigenvalue weighted by atomic mass is 9.81. The van der Waals surface area contributed by atoms with Crippen LogP contribution in [0.3, 0.4) is 0 Å². The summed E-state index contributed by atoms with van der Waals surface area (Å²) in [6, 6.07) is 20.6. The van der Waals surface area contributed by atoms with Crippen molar-refractivity contribution in [1.29, 1.82) is 0 Å². The molecule has 0 aliphatic heterocycles. The van der Waals surface area contributed by atoms with Crippen molar-refractivity contribution in [3.05, 3.63) is 78.9 Å². The van der Waals surface area contributed by atoms with E-state index in [2.05, 4.69) is 47.4 Å². The van der Waals surface area contributed by atoms with E-state index in [1.807, 2.05) is 28.8 Å². The lowest BCUT2D eigenvalue weighted by molar-refractivity contribution is -0.146. The molecule has 5 aromatic rings. The zero-order chi connectivity index (χ0) is 24.6. The second kappa shape index (κ2) is 9.07. The largest absolute Gasteiger partial charge is 0.469 e. The molecule has 6 rings (SSSR count). The average molecular weight is 478 g/mol. The predicted octanol–water partition coefficient (Wildman–Crippen LogP) is 5.64. The molecule has 0 amide bonds. The maximum absolute atomic E-state index is 12.0. The number of ether oxygens (including phenoxy) is 1. The van der Waals surface area contributed by atoms with Crippen molar-refractivity contribution >= 4 is 28.2 Å². The molecule has 3 heterocycles. The number of esters is 1. The Morgan fingerprint density at radius 1 is 0.944 bits per heavy atom. The van der Waals surface area contributed by atoms with E-state index in [0.29, 0.717) is 5.82 Å². The number of hydrogen-bond donors (Lipinski definition) is 1. The summed E-state index contributed by atoms with van der Waals surface area (Å²) in [6.45, 7) is 0. The van der Waals surface area contributed by atoms with Gasteiger partial charge in [0.2, 0.25) is 0 Å². The lowest BCUT2D eigenvalue weighted by Crippen LogP contribution is -2.23. The van der Waals surface area contributed by atoms with E-state index in [0.717, 1.165) is 70.4 Å². The fourth-order valence-corrected chi connectivity index (χ4v) is 5.36. The van der Waals surface area contributed by atoms with Gasteiger partial charge in [-0.2, -0.15) is 0 Å². The van der Waals surface area contributed by atoms with E-state index in [9.17, 15) is 4.79 Å². The van der Waals surface area contributed by atoms with Crippen molar-refractivity contribution in [2.45, 2.75) is 31.6 Å². The van der Waals surface area contributed by atoms with Crippen LogP contribution in [0.5, 0.6) is 0 Å². The first kappa shape index (κ1) is 22.2. The number of carbonyl (C=O) groups excluding carboxylic acids is 1. The van der Waals surface area contributed by atoms with E-state index in [1.165, 1.54) is 7.11 Å². The minimum absolute atomic E-state index is 0.0404. The van der Waals surface area contributed by atoms with Gasteiger partial charge in [0.15, 0.2) is 0 Å². The smallest absolute Gasteiger partial charge is 0.308 e. The number of aromatic nitrogens is 4. The Morgan fingerprint density at radius 2 is 1.72 bits per heavy atom. The van der Waals surface area contributed by atoms with E-state index in [4.69, 9.17) is 20.4 Å². The fraction of sp³-hybridized carbons (Fsp3) is 0.241. The minimum Gasteiger partial charge on any atom is -0.469 e. The summed E-state index contributed by atoms with van der Waals surface area (Å²) >= 11 is 0. The van der Waals surface area contributed by atoms with Crippen LogP contribution in [0, 0.1) is 5.92 Å². The molecule has 1 aliphatic rings. The Morgan fingerprint density at radius 3 is 2.50 bits per heavy atom. The van der Waals surface area contributed by atoms with Gasteiger partial charge in [0.25, 0.3) is 0 Å². The molecule has 0 unspecified atom stereocenters. The van der Waals surface area contributed by atoms with Crippen LogP contribution >= 0.6 is 0 Å². The molecule has 1 saturated carbocycles. The van der Waals surface area contributed by atoms with Gasteiger partial charge in [-0.3, -0.25) is 14.2 Å². The van der Waals surface area contributed by atoms with E-state index < -0.39 is 0 Å². The third-order valence-electron chi connectivity index (χ3n) is 7.26.